The van der Waals surface area contributed by atoms with Gasteiger partial charge < -0.3 is 5.73 Å². The minimum Gasteiger partial charge on any atom is -0.398 e. The lowest BCUT2D eigenvalue weighted by atomic mass is 9.96. The van der Waals surface area contributed by atoms with Gasteiger partial charge in [0.1, 0.15) is 0 Å². The van der Waals surface area contributed by atoms with Crippen LogP contribution in [-0.2, 0) is 6.18 Å². The lowest BCUT2D eigenvalue weighted by Crippen LogP contribution is -2.12. The highest BCUT2D eigenvalue weighted by Gasteiger charge is 2.37. The van der Waals surface area contributed by atoms with Gasteiger partial charge in [0.2, 0.25) is 0 Å². The second-order valence-corrected chi connectivity index (χ2v) is 4.88. The first-order valence-electron chi connectivity index (χ1n) is 4.50. The zero-order valence-corrected chi connectivity index (χ0v) is 11.0. The van der Waals surface area contributed by atoms with Gasteiger partial charge in [-0.3, -0.25) is 0 Å². The largest absolute Gasteiger partial charge is 0.418 e. The quantitative estimate of drug-likeness (QED) is 0.738. The number of alkyl halides is 3. The predicted octanol–water partition coefficient (Wildman–Crippen LogP) is 4.83. The summed E-state index contributed by atoms with van der Waals surface area (Å²) >= 11 is 8.63. The first kappa shape index (κ1) is 13.6. The number of anilines is 1. The van der Waals surface area contributed by atoms with Crippen molar-refractivity contribution >= 4 is 33.2 Å². The summed E-state index contributed by atoms with van der Waals surface area (Å²) in [7, 11) is 0. The normalized spacial score (nSPS) is 12.2. The Bertz CT molecular complexity index is 416. The number of nitrogen functional groups attached to an aromatic ring is 1. The number of benzene rings is 1. The molecule has 0 fully saturated rings. The van der Waals surface area contributed by atoms with Crippen LogP contribution in [0.4, 0.5) is 18.9 Å². The summed E-state index contributed by atoms with van der Waals surface area (Å²) in [6.07, 6.45) is -4.48. The number of nitrogens with two attached hydrogens (primary N) is 1. The van der Waals surface area contributed by atoms with Crippen LogP contribution in [0.15, 0.2) is 10.5 Å². The van der Waals surface area contributed by atoms with Crippen LogP contribution in [0.1, 0.15) is 30.9 Å². The van der Waals surface area contributed by atoms with Gasteiger partial charge in [0, 0.05) is 5.69 Å². The van der Waals surface area contributed by atoms with Crippen molar-refractivity contribution in [3.63, 3.8) is 0 Å². The summed E-state index contributed by atoms with van der Waals surface area (Å²) in [6.45, 7) is 3.32. The topological polar surface area (TPSA) is 26.0 Å². The summed E-state index contributed by atoms with van der Waals surface area (Å²) in [5, 5.41) is -0.379. The first-order chi connectivity index (χ1) is 7.16. The van der Waals surface area contributed by atoms with Crippen LogP contribution >= 0.6 is 27.5 Å². The molecule has 0 saturated heterocycles. The van der Waals surface area contributed by atoms with Gasteiger partial charge in [-0.1, -0.05) is 25.4 Å². The van der Waals surface area contributed by atoms with E-state index >= 15 is 0 Å². The Morgan fingerprint density at radius 2 is 1.88 bits per heavy atom. The van der Waals surface area contributed by atoms with E-state index in [0.717, 1.165) is 0 Å². The monoisotopic (exact) mass is 315 g/mol. The third-order valence-corrected chi connectivity index (χ3v) is 3.63. The molecule has 2 N–H and O–H groups in total. The maximum absolute atomic E-state index is 12.8. The van der Waals surface area contributed by atoms with E-state index in [0.29, 0.717) is 0 Å². The molecular weight excluding hydrogens is 306 g/mol. The SMILES string of the molecule is CC(C)c1cc(N)c(Br)c(Cl)c1C(F)(F)F. The minimum absolute atomic E-state index is 0.0888. The van der Waals surface area contributed by atoms with E-state index in [1.807, 2.05) is 0 Å². The van der Waals surface area contributed by atoms with E-state index in [2.05, 4.69) is 15.9 Å². The van der Waals surface area contributed by atoms with Gasteiger partial charge in [-0.15, -0.1) is 0 Å². The molecule has 0 saturated carbocycles. The van der Waals surface area contributed by atoms with Crippen LogP contribution in [0.25, 0.3) is 0 Å². The third-order valence-electron chi connectivity index (χ3n) is 2.17. The molecular formula is C10H10BrClF3N. The molecule has 0 aliphatic rings. The van der Waals surface area contributed by atoms with Crippen molar-refractivity contribution < 1.29 is 13.2 Å². The van der Waals surface area contributed by atoms with E-state index in [1.54, 1.807) is 13.8 Å². The second kappa shape index (κ2) is 4.45. The molecule has 1 rings (SSSR count). The average molecular weight is 317 g/mol. The number of halogens is 5. The van der Waals surface area contributed by atoms with Gasteiger partial charge in [-0.2, -0.15) is 13.2 Å². The van der Waals surface area contributed by atoms with E-state index in [9.17, 15) is 13.2 Å². The molecule has 0 aliphatic carbocycles. The highest BCUT2D eigenvalue weighted by molar-refractivity contribution is 9.10. The van der Waals surface area contributed by atoms with Gasteiger partial charge >= 0.3 is 6.18 Å². The summed E-state index contributed by atoms with van der Waals surface area (Å²) in [4.78, 5) is 0. The van der Waals surface area contributed by atoms with Crippen molar-refractivity contribution in [1.82, 2.24) is 0 Å². The van der Waals surface area contributed by atoms with Crippen LogP contribution in [0.2, 0.25) is 5.02 Å². The van der Waals surface area contributed by atoms with Crippen LogP contribution in [-0.4, -0.2) is 0 Å². The van der Waals surface area contributed by atoms with Crippen LogP contribution in [0, 0.1) is 0 Å². The molecule has 0 amide bonds. The lowest BCUT2D eigenvalue weighted by Gasteiger charge is -2.19. The smallest absolute Gasteiger partial charge is 0.398 e. The fourth-order valence-electron chi connectivity index (χ4n) is 1.41. The molecule has 1 aromatic rings. The van der Waals surface area contributed by atoms with Crippen LogP contribution in [0.3, 0.4) is 0 Å². The van der Waals surface area contributed by atoms with E-state index in [-0.39, 0.29) is 26.7 Å². The van der Waals surface area contributed by atoms with E-state index < -0.39 is 11.7 Å². The van der Waals surface area contributed by atoms with E-state index in [1.165, 1.54) is 6.07 Å². The van der Waals surface area contributed by atoms with Gasteiger partial charge in [0.15, 0.2) is 0 Å². The van der Waals surface area contributed by atoms with Crippen molar-refractivity contribution in [2.45, 2.75) is 25.9 Å². The average Bonchev–Trinajstić information content (AvgIpc) is 2.10. The molecule has 0 atom stereocenters. The Hall–Kier alpha value is -0.420. The Labute approximate surface area is 105 Å². The molecule has 0 bridgehead atoms. The molecule has 0 radical (unpaired) electrons. The molecule has 0 heterocycles. The summed E-state index contributed by atoms with van der Waals surface area (Å²) in [5.41, 5.74) is 5.08. The van der Waals surface area contributed by atoms with Crippen molar-refractivity contribution in [1.29, 1.82) is 0 Å². The molecule has 0 spiro atoms. The summed E-state index contributed by atoms with van der Waals surface area (Å²) < 4.78 is 38.6. The lowest BCUT2D eigenvalue weighted by molar-refractivity contribution is -0.138. The number of hydrogen-bond acceptors (Lipinski definition) is 1. The number of hydrogen-bond donors (Lipinski definition) is 1. The molecule has 90 valence electrons. The summed E-state index contributed by atoms with van der Waals surface area (Å²) in [5.74, 6) is -0.301. The fraction of sp³-hybridized carbons (Fsp3) is 0.400. The highest BCUT2D eigenvalue weighted by atomic mass is 79.9. The van der Waals surface area contributed by atoms with Gasteiger partial charge in [-0.05, 0) is 33.5 Å². The maximum atomic E-state index is 12.8. The fourth-order valence-corrected chi connectivity index (χ4v) is 2.05. The van der Waals surface area contributed by atoms with Crippen molar-refractivity contribution in [3.05, 3.63) is 26.7 Å². The molecule has 0 aromatic heterocycles. The molecule has 16 heavy (non-hydrogen) atoms. The Balaban J connectivity index is 3.62. The highest BCUT2D eigenvalue weighted by Crippen LogP contribution is 2.45. The van der Waals surface area contributed by atoms with Crippen molar-refractivity contribution in [2.24, 2.45) is 0 Å². The second-order valence-electron chi connectivity index (χ2n) is 3.71. The summed E-state index contributed by atoms with van der Waals surface area (Å²) in [6, 6.07) is 1.31. The molecule has 0 aliphatic heterocycles. The Morgan fingerprint density at radius 3 is 2.25 bits per heavy atom. The third kappa shape index (κ3) is 2.46. The van der Waals surface area contributed by atoms with Gasteiger partial charge in [0.25, 0.3) is 0 Å². The van der Waals surface area contributed by atoms with Crippen LogP contribution < -0.4 is 5.73 Å². The Kier molecular flexibility index (Phi) is 3.80. The van der Waals surface area contributed by atoms with Crippen molar-refractivity contribution in [3.8, 4) is 0 Å². The molecule has 1 nitrogen and oxygen atoms in total. The predicted molar refractivity (Wildman–Crippen MR) is 62.7 cm³/mol. The van der Waals surface area contributed by atoms with Crippen molar-refractivity contribution in [2.75, 3.05) is 5.73 Å². The maximum Gasteiger partial charge on any atom is 0.418 e. The Morgan fingerprint density at radius 1 is 1.38 bits per heavy atom. The molecule has 0 unspecified atom stereocenters. The zero-order chi connectivity index (χ0) is 12.7. The number of rotatable bonds is 1. The van der Waals surface area contributed by atoms with Gasteiger partial charge in [0.05, 0.1) is 15.1 Å². The minimum atomic E-state index is -4.48. The first-order valence-corrected chi connectivity index (χ1v) is 5.68. The molecule has 1 aromatic carbocycles. The van der Waals surface area contributed by atoms with E-state index in [4.69, 9.17) is 17.3 Å². The van der Waals surface area contributed by atoms with Gasteiger partial charge in [-0.25, -0.2) is 0 Å². The molecule has 6 heteroatoms. The standard InChI is InChI=1S/C10H10BrClF3N/c1-4(2)5-3-6(16)8(11)9(12)7(5)10(13,14)15/h3-4H,16H2,1-2H3. The zero-order valence-electron chi connectivity index (χ0n) is 8.62. The van der Waals surface area contributed by atoms with Crippen LogP contribution in [0.5, 0.6) is 0 Å².